The monoisotopic (exact) mass is 498 g/mol. The van der Waals surface area contributed by atoms with Crippen molar-refractivity contribution in [2.75, 3.05) is 46.5 Å². The SMILES string of the molecule is COc1cccc(C2/C(=C(\[O-])c3ccc(OC(C)C)c(F)c3)C(=O)C(=O)N2CC[NH+]2CCOCC2)c1. The predicted octanol–water partition coefficient (Wildman–Crippen LogP) is 0.761. The molecule has 2 aliphatic heterocycles. The topological polar surface area (TPSA) is 92.6 Å². The largest absolute Gasteiger partial charge is 0.872 e. The minimum atomic E-state index is -0.900. The second kappa shape index (κ2) is 11.1. The number of halogens is 1. The molecule has 2 aromatic rings. The number of quaternary nitrogens is 1. The van der Waals surface area contributed by atoms with Gasteiger partial charge in [0.25, 0.3) is 5.91 Å². The van der Waals surface area contributed by atoms with E-state index in [-0.39, 0.29) is 29.5 Å². The predicted molar refractivity (Wildman–Crippen MR) is 128 cm³/mol. The number of amides is 1. The Hall–Kier alpha value is -3.43. The first-order valence-electron chi connectivity index (χ1n) is 12.1. The van der Waals surface area contributed by atoms with Gasteiger partial charge < -0.3 is 29.1 Å². The molecule has 1 atom stereocenters. The summed E-state index contributed by atoms with van der Waals surface area (Å²) in [4.78, 5) is 29.0. The third-order valence-corrected chi connectivity index (χ3v) is 6.40. The Morgan fingerprint density at radius 3 is 2.61 bits per heavy atom. The van der Waals surface area contributed by atoms with Crippen LogP contribution < -0.4 is 19.5 Å². The molecule has 1 amide bonds. The van der Waals surface area contributed by atoms with Gasteiger partial charge in [-0.05, 0) is 49.2 Å². The molecule has 8 nitrogen and oxygen atoms in total. The first kappa shape index (κ1) is 25.7. The lowest BCUT2D eigenvalue weighted by molar-refractivity contribution is -0.907. The molecule has 2 saturated heterocycles. The van der Waals surface area contributed by atoms with Gasteiger partial charge in [0.1, 0.15) is 18.8 Å². The number of benzene rings is 2. The van der Waals surface area contributed by atoms with Gasteiger partial charge in [0.2, 0.25) is 5.78 Å². The van der Waals surface area contributed by atoms with Gasteiger partial charge in [-0.15, -0.1) is 0 Å². The number of nitrogens with zero attached hydrogens (tertiary/aromatic N) is 1. The fourth-order valence-electron chi connectivity index (χ4n) is 4.59. The number of morpholine rings is 1. The van der Waals surface area contributed by atoms with E-state index >= 15 is 0 Å². The van der Waals surface area contributed by atoms with Crippen molar-refractivity contribution >= 4 is 17.4 Å². The maximum atomic E-state index is 14.7. The van der Waals surface area contributed by atoms with Crippen LogP contribution in [0.2, 0.25) is 0 Å². The van der Waals surface area contributed by atoms with Gasteiger partial charge >= 0.3 is 0 Å². The van der Waals surface area contributed by atoms with E-state index in [9.17, 15) is 19.1 Å². The number of likely N-dealkylation sites (tertiary alicyclic amines) is 1. The Bertz CT molecular complexity index is 1160. The van der Waals surface area contributed by atoms with Crippen molar-refractivity contribution < 1.29 is 38.2 Å². The summed E-state index contributed by atoms with van der Waals surface area (Å²) in [6.07, 6.45) is -0.246. The second-order valence-corrected chi connectivity index (χ2v) is 9.17. The zero-order valence-electron chi connectivity index (χ0n) is 20.7. The molecule has 1 N–H and O–H groups in total. The number of ketones is 1. The molecule has 0 radical (unpaired) electrons. The third-order valence-electron chi connectivity index (χ3n) is 6.40. The molecule has 36 heavy (non-hydrogen) atoms. The van der Waals surface area contributed by atoms with Crippen LogP contribution in [0.15, 0.2) is 48.0 Å². The van der Waals surface area contributed by atoms with Crippen molar-refractivity contribution in [3.05, 3.63) is 65.0 Å². The maximum absolute atomic E-state index is 14.7. The molecule has 9 heteroatoms. The average Bonchev–Trinajstić information content (AvgIpc) is 3.13. The molecule has 0 spiro atoms. The van der Waals surface area contributed by atoms with Gasteiger partial charge in [0.05, 0.1) is 45.6 Å². The zero-order valence-corrected chi connectivity index (χ0v) is 20.7. The summed E-state index contributed by atoms with van der Waals surface area (Å²) >= 11 is 0. The fraction of sp³-hybridized carbons (Fsp3) is 0.407. The van der Waals surface area contributed by atoms with Crippen LogP contribution in [0.5, 0.6) is 11.5 Å². The van der Waals surface area contributed by atoms with E-state index in [0.29, 0.717) is 31.1 Å². The molecule has 2 fully saturated rings. The van der Waals surface area contributed by atoms with Crippen LogP contribution in [0, 0.1) is 5.82 Å². The molecule has 2 aliphatic rings. The highest BCUT2D eigenvalue weighted by Crippen LogP contribution is 2.39. The van der Waals surface area contributed by atoms with E-state index in [1.807, 2.05) is 0 Å². The normalized spacial score (nSPS) is 20.2. The zero-order chi connectivity index (χ0) is 25.8. The smallest absolute Gasteiger partial charge is 0.295 e. The van der Waals surface area contributed by atoms with E-state index < -0.39 is 29.3 Å². The van der Waals surface area contributed by atoms with Gasteiger partial charge in [-0.1, -0.05) is 24.0 Å². The van der Waals surface area contributed by atoms with Crippen LogP contribution in [-0.2, 0) is 14.3 Å². The van der Waals surface area contributed by atoms with E-state index in [1.165, 1.54) is 29.0 Å². The Balaban J connectivity index is 1.74. The van der Waals surface area contributed by atoms with Crippen LogP contribution in [0.25, 0.3) is 5.76 Å². The molecule has 192 valence electrons. The number of hydrogen-bond donors (Lipinski definition) is 1. The lowest BCUT2D eigenvalue weighted by Crippen LogP contribution is -3.14. The second-order valence-electron chi connectivity index (χ2n) is 9.17. The third kappa shape index (κ3) is 5.37. The Morgan fingerprint density at radius 2 is 1.94 bits per heavy atom. The number of carbonyl (C=O) groups excluding carboxylic acids is 2. The van der Waals surface area contributed by atoms with Gasteiger partial charge in [-0.2, -0.15) is 0 Å². The summed E-state index contributed by atoms with van der Waals surface area (Å²) in [6.45, 7) is 7.32. The highest BCUT2D eigenvalue weighted by atomic mass is 19.1. The van der Waals surface area contributed by atoms with E-state index in [0.717, 1.165) is 19.2 Å². The molecule has 0 aromatic heterocycles. The average molecular weight is 499 g/mol. The van der Waals surface area contributed by atoms with E-state index in [2.05, 4.69) is 0 Å². The molecule has 0 aliphatic carbocycles. The maximum Gasteiger partial charge on any atom is 0.295 e. The quantitative estimate of drug-likeness (QED) is 0.328. The molecular weight excluding hydrogens is 467 g/mol. The summed E-state index contributed by atoms with van der Waals surface area (Å²) < 4.78 is 30.8. The summed E-state index contributed by atoms with van der Waals surface area (Å²) in [6, 6.07) is 9.87. The van der Waals surface area contributed by atoms with Crippen molar-refractivity contribution in [1.29, 1.82) is 0 Å². The van der Waals surface area contributed by atoms with Gasteiger partial charge in [0, 0.05) is 5.57 Å². The van der Waals surface area contributed by atoms with Crippen LogP contribution in [-0.4, -0.2) is 69.2 Å². The molecule has 1 unspecified atom stereocenters. The van der Waals surface area contributed by atoms with Crippen molar-refractivity contribution in [1.82, 2.24) is 4.90 Å². The lowest BCUT2D eigenvalue weighted by atomic mass is 9.95. The standard InChI is InChI=1S/C27H31FN2O6/c1-17(2)36-22-8-7-19(16-21(22)28)25(31)23-24(18-5-4-6-20(15-18)34-3)30(27(33)26(23)32)10-9-29-11-13-35-14-12-29/h4-8,15-17,24,31H,9-14H2,1-3H3/b25-23+. The summed E-state index contributed by atoms with van der Waals surface area (Å²) in [5.41, 5.74) is 0.365. The van der Waals surface area contributed by atoms with Gasteiger partial charge in [-0.3, -0.25) is 9.59 Å². The Morgan fingerprint density at radius 1 is 1.19 bits per heavy atom. The van der Waals surface area contributed by atoms with Crippen molar-refractivity contribution in [2.24, 2.45) is 0 Å². The Labute approximate surface area is 209 Å². The number of nitrogens with one attached hydrogen (secondary N) is 1. The molecule has 0 saturated carbocycles. The number of ether oxygens (including phenoxy) is 3. The number of rotatable bonds is 8. The highest BCUT2D eigenvalue weighted by Gasteiger charge is 2.44. The summed E-state index contributed by atoms with van der Waals surface area (Å²) in [5.74, 6) is -2.45. The molecular formula is C27H31FN2O6. The van der Waals surface area contributed by atoms with Crippen LogP contribution in [0.4, 0.5) is 4.39 Å². The van der Waals surface area contributed by atoms with Gasteiger partial charge in [-0.25, -0.2) is 4.39 Å². The molecule has 2 heterocycles. The highest BCUT2D eigenvalue weighted by molar-refractivity contribution is 6.46. The number of Topliss-reactive ketones (excluding diaryl/α,β-unsaturated/α-hetero) is 1. The van der Waals surface area contributed by atoms with E-state index in [1.54, 1.807) is 38.1 Å². The van der Waals surface area contributed by atoms with Crippen LogP contribution in [0.1, 0.15) is 31.0 Å². The number of carbonyl (C=O) groups is 2. The number of hydrogen-bond acceptors (Lipinski definition) is 6. The lowest BCUT2D eigenvalue weighted by Gasteiger charge is -2.30. The fourth-order valence-corrected chi connectivity index (χ4v) is 4.59. The first-order valence-corrected chi connectivity index (χ1v) is 12.1. The molecule has 2 aromatic carbocycles. The van der Waals surface area contributed by atoms with Crippen LogP contribution >= 0.6 is 0 Å². The van der Waals surface area contributed by atoms with Gasteiger partial charge in [0.15, 0.2) is 11.6 Å². The minimum Gasteiger partial charge on any atom is -0.872 e. The molecule has 0 bridgehead atoms. The Kier molecular flexibility index (Phi) is 7.91. The first-order chi connectivity index (χ1) is 17.3. The summed E-state index contributed by atoms with van der Waals surface area (Å²) in [5, 5.41) is 13.6. The minimum absolute atomic E-state index is 0.0137. The van der Waals surface area contributed by atoms with Crippen LogP contribution in [0.3, 0.4) is 0 Å². The van der Waals surface area contributed by atoms with Crippen molar-refractivity contribution in [2.45, 2.75) is 26.0 Å². The van der Waals surface area contributed by atoms with Crippen molar-refractivity contribution in [3.8, 4) is 11.5 Å². The summed E-state index contributed by atoms with van der Waals surface area (Å²) in [7, 11) is 1.52. The van der Waals surface area contributed by atoms with E-state index in [4.69, 9.17) is 14.2 Å². The number of methoxy groups -OCH3 is 1. The molecule has 4 rings (SSSR count). The van der Waals surface area contributed by atoms with Crippen molar-refractivity contribution in [3.63, 3.8) is 0 Å².